The maximum atomic E-state index is 6.02. The number of hydrogen-bond donors (Lipinski definition) is 2. The lowest BCUT2D eigenvalue weighted by atomic mass is 10.0. The molecule has 2 aromatic carbocycles. The van der Waals surface area contributed by atoms with E-state index in [9.17, 15) is 0 Å². The number of rotatable bonds is 4. The molecule has 0 aliphatic rings. The van der Waals surface area contributed by atoms with Gasteiger partial charge in [0.15, 0.2) is 5.65 Å². The average Bonchev–Trinajstić information content (AvgIpc) is 3.03. The number of nitrogen functional groups attached to an aromatic ring is 1. The molecule has 0 bridgehead atoms. The van der Waals surface area contributed by atoms with Gasteiger partial charge >= 0.3 is 0 Å². The van der Waals surface area contributed by atoms with Crippen LogP contribution in [-0.4, -0.2) is 14.6 Å². The molecule has 3 N–H and O–H groups in total. The zero-order valence-electron chi connectivity index (χ0n) is 13.4. The van der Waals surface area contributed by atoms with E-state index in [0.717, 1.165) is 10.3 Å². The number of benzene rings is 2. The van der Waals surface area contributed by atoms with Gasteiger partial charge in [0, 0.05) is 12.6 Å². The van der Waals surface area contributed by atoms with E-state index >= 15 is 0 Å². The highest BCUT2D eigenvalue weighted by Gasteiger charge is 2.08. The monoisotopic (exact) mass is 393 g/mol. The molecule has 4 aromatic rings. The van der Waals surface area contributed by atoms with Crippen molar-refractivity contribution in [3.05, 3.63) is 76.9 Å². The summed E-state index contributed by atoms with van der Waals surface area (Å²) in [4.78, 5) is 4.54. The largest absolute Gasteiger partial charge is 0.383 e. The predicted octanol–water partition coefficient (Wildman–Crippen LogP) is 4.35. The minimum absolute atomic E-state index is 0.539. The van der Waals surface area contributed by atoms with E-state index < -0.39 is 0 Å². The molecule has 0 saturated carbocycles. The summed E-state index contributed by atoms with van der Waals surface area (Å²) in [6, 6.07) is 20.6. The molecule has 2 aromatic heterocycles. The van der Waals surface area contributed by atoms with Crippen molar-refractivity contribution < 1.29 is 0 Å². The highest BCUT2D eigenvalue weighted by molar-refractivity contribution is 9.10. The summed E-state index contributed by atoms with van der Waals surface area (Å²) >= 11 is 3.43. The Morgan fingerprint density at radius 3 is 2.48 bits per heavy atom. The summed E-state index contributed by atoms with van der Waals surface area (Å²) in [6.07, 6.45) is 1.69. The van der Waals surface area contributed by atoms with Crippen LogP contribution in [0, 0.1) is 0 Å². The van der Waals surface area contributed by atoms with Crippen LogP contribution >= 0.6 is 15.9 Å². The molecule has 0 atom stereocenters. The first-order valence-electron chi connectivity index (χ1n) is 7.89. The van der Waals surface area contributed by atoms with Gasteiger partial charge in [0.2, 0.25) is 0 Å². The fourth-order valence-corrected chi connectivity index (χ4v) is 3.04. The molecule has 124 valence electrons. The Morgan fingerprint density at radius 2 is 1.72 bits per heavy atom. The van der Waals surface area contributed by atoms with Crippen LogP contribution in [0.3, 0.4) is 0 Å². The molecule has 0 fully saturated rings. The minimum atomic E-state index is 0.539. The quantitative estimate of drug-likeness (QED) is 0.540. The minimum Gasteiger partial charge on any atom is -0.383 e. The van der Waals surface area contributed by atoms with E-state index in [1.807, 2.05) is 18.2 Å². The fraction of sp³-hybridized carbons (Fsp3) is 0.0526. The summed E-state index contributed by atoms with van der Waals surface area (Å²) in [5, 5.41) is 7.49. The van der Waals surface area contributed by atoms with E-state index in [-0.39, 0.29) is 0 Å². The zero-order valence-corrected chi connectivity index (χ0v) is 14.9. The topological polar surface area (TPSA) is 68.2 Å². The molecule has 0 radical (unpaired) electrons. The van der Waals surface area contributed by atoms with Crippen molar-refractivity contribution in [3.63, 3.8) is 0 Å². The second-order valence-electron chi connectivity index (χ2n) is 5.71. The average molecular weight is 394 g/mol. The number of nitrogens with two attached hydrogens (primary N) is 1. The molecule has 0 amide bonds. The maximum absolute atomic E-state index is 6.02. The van der Waals surface area contributed by atoms with Gasteiger partial charge in [-0.2, -0.15) is 9.61 Å². The highest BCUT2D eigenvalue weighted by atomic mass is 79.9. The molecular formula is C19H16BrN5. The maximum Gasteiger partial charge on any atom is 0.173 e. The lowest BCUT2D eigenvalue weighted by Crippen LogP contribution is -2.06. The van der Waals surface area contributed by atoms with Crippen molar-refractivity contribution >= 4 is 33.2 Å². The van der Waals surface area contributed by atoms with Gasteiger partial charge in [-0.05, 0) is 32.6 Å². The van der Waals surface area contributed by atoms with Crippen LogP contribution in [0.15, 0.2) is 71.3 Å². The second-order valence-corrected chi connectivity index (χ2v) is 6.57. The number of nitrogens with zero attached hydrogens (tertiary/aromatic N) is 3. The summed E-state index contributed by atoms with van der Waals surface area (Å²) < 4.78 is 2.42. The first-order chi connectivity index (χ1) is 12.2. The van der Waals surface area contributed by atoms with Gasteiger partial charge in [0.1, 0.15) is 11.6 Å². The summed E-state index contributed by atoms with van der Waals surface area (Å²) in [7, 11) is 0. The lowest BCUT2D eigenvalue weighted by molar-refractivity contribution is 0.949. The fourth-order valence-electron chi connectivity index (χ4n) is 2.69. The Bertz CT molecular complexity index is 1010. The lowest BCUT2D eigenvalue weighted by Gasteiger charge is -2.09. The van der Waals surface area contributed by atoms with Gasteiger partial charge in [-0.15, -0.1) is 0 Å². The summed E-state index contributed by atoms with van der Waals surface area (Å²) in [5.41, 5.74) is 10.3. The Balaban J connectivity index is 1.51. The van der Waals surface area contributed by atoms with Crippen molar-refractivity contribution in [1.29, 1.82) is 0 Å². The Labute approximate surface area is 153 Å². The molecule has 0 aliphatic heterocycles. The smallest absolute Gasteiger partial charge is 0.173 e. The predicted molar refractivity (Wildman–Crippen MR) is 104 cm³/mol. The third-order valence-electron chi connectivity index (χ3n) is 3.99. The molecule has 0 saturated heterocycles. The van der Waals surface area contributed by atoms with Crippen LogP contribution in [0.1, 0.15) is 5.56 Å². The van der Waals surface area contributed by atoms with Crippen LogP contribution in [0.5, 0.6) is 0 Å². The number of hydrogen-bond acceptors (Lipinski definition) is 4. The summed E-state index contributed by atoms with van der Waals surface area (Å²) in [6.45, 7) is 0.670. The van der Waals surface area contributed by atoms with Gasteiger partial charge in [-0.1, -0.05) is 54.6 Å². The second kappa shape index (κ2) is 6.57. The Kier molecular flexibility index (Phi) is 4.11. The van der Waals surface area contributed by atoms with E-state index in [2.05, 4.69) is 67.7 Å². The van der Waals surface area contributed by atoms with Crippen LogP contribution in [-0.2, 0) is 6.54 Å². The molecule has 25 heavy (non-hydrogen) atoms. The first kappa shape index (κ1) is 15.7. The molecule has 0 unspecified atom stereocenters. The van der Waals surface area contributed by atoms with Crippen LogP contribution in [0.2, 0.25) is 0 Å². The third-order valence-corrected chi connectivity index (χ3v) is 4.55. The van der Waals surface area contributed by atoms with Gasteiger partial charge in [-0.3, -0.25) is 0 Å². The number of fused-ring (bicyclic) bond motifs is 1. The summed E-state index contributed by atoms with van der Waals surface area (Å²) in [5.74, 6) is 1.26. The van der Waals surface area contributed by atoms with E-state index in [1.54, 1.807) is 16.8 Å². The highest BCUT2D eigenvalue weighted by Crippen LogP contribution is 2.22. The van der Waals surface area contributed by atoms with Crippen molar-refractivity contribution in [1.82, 2.24) is 14.6 Å². The molecule has 5 nitrogen and oxygen atoms in total. The van der Waals surface area contributed by atoms with E-state index in [0.29, 0.717) is 18.0 Å². The molecule has 0 spiro atoms. The SMILES string of the molecule is Nc1cc(NCc2ccc(-c3ccccc3)cc2)nc2c(Br)cnn12. The van der Waals surface area contributed by atoms with Crippen LogP contribution in [0.4, 0.5) is 11.6 Å². The van der Waals surface area contributed by atoms with Gasteiger partial charge in [0.25, 0.3) is 0 Å². The molecular weight excluding hydrogens is 378 g/mol. The van der Waals surface area contributed by atoms with E-state index in [4.69, 9.17) is 5.73 Å². The van der Waals surface area contributed by atoms with Crippen LogP contribution in [0.25, 0.3) is 16.8 Å². The Morgan fingerprint density at radius 1 is 1.00 bits per heavy atom. The molecule has 4 rings (SSSR count). The molecule has 6 heteroatoms. The van der Waals surface area contributed by atoms with Crippen LogP contribution < -0.4 is 11.1 Å². The van der Waals surface area contributed by atoms with Gasteiger partial charge in [-0.25, -0.2) is 4.98 Å². The first-order valence-corrected chi connectivity index (χ1v) is 8.68. The van der Waals surface area contributed by atoms with Crippen molar-refractivity contribution in [3.8, 4) is 11.1 Å². The van der Waals surface area contributed by atoms with Gasteiger partial charge < -0.3 is 11.1 Å². The molecule has 0 aliphatic carbocycles. The normalized spacial score (nSPS) is 10.9. The number of nitrogens with one attached hydrogen (secondary N) is 1. The third kappa shape index (κ3) is 3.21. The van der Waals surface area contributed by atoms with Gasteiger partial charge in [0.05, 0.1) is 10.7 Å². The Hall–Kier alpha value is -2.86. The molecule has 2 heterocycles. The van der Waals surface area contributed by atoms with Crippen molar-refractivity contribution in [2.24, 2.45) is 0 Å². The number of anilines is 2. The number of aromatic nitrogens is 3. The number of halogens is 1. The van der Waals surface area contributed by atoms with Crippen molar-refractivity contribution in [2.45, 2.75) is 6.54 Å². The van der Waals surface area contributed by atoms with E-state index in [1.165, 1.54) is 16.7 Å². The zero-order chi connectivity index (χ0) is 17.2. The van der Waals surface area contributed by atoms with Crippen molar-refractivity contribution in [2.75, 3.05) is 11.1 Å². The standard InChI is InChI=1S/C19H16BrN5/c20-16-12-23-25-17(21)10-18(24-19(16)25)22-11-13-6-8-15(9-7-13)14-4-2-1-3-5-14/h1-10,12H,11,21H2,(H,22,24).